The molecule has 0 bridgehead atoms. The first kappa shape index (κ1) is 29.3. The highest BCUT2D eigenvalue weighted by Gasteiger charge is 2.31. The lowest BCUT2D eigenvalue weighted by molar-refractivity contribution is -0.274. The normalized spacial score (nSPS) is 11.9. The predicted molar refractivity (Wildman–Crippen MR) is 145 cm³/mol. The van der Waals surface area contributed by atoms with E-state index >= 15 is 0 Å². The fourth-order valence-corrected chi connectivity index (χ4v) is 4.02. The molecule has 10 heteroatoms. The summed E-state index contributed by atoms with van der Waals surface area (Å²) in [6.07, 6.45) is -2.20. The van der Waals surface area contributed by atoms with Crippen LogP contribution in [0.25, 0.3) is 11.0 Å². The van der Waals surface area contributed by atoms with Crippen molar-refractivity contribution in [2.75, 3.05) is 25.0 Å². The van der Waals surface area contributed by atoms with Crippen molar-refractivity contribution in [3.63, 3.8) is 0 Å². The van der Waals surface area contributed by atoms with E-state index in [0.717, 1.165) is 18.4 Å². The number of halogens is 3. The van der Waals surface area contributed by atoms with Crippen molar-refractivity contribution in [1.82, 2.24) is 14.5 Å². The second-order valence-corrected chi connectivity index (χ2v) is 10.3. The summed E-state index contributed by atoms with van der Waals surface area (Å²) >= 11 is 0. The number of fused-ring (bicyclic) bond motifs is 1. The number of anilines is 2. The third-order valence-corrected chi connectivity index (χ3v) is 6.17. The first-order valence-corrected chi connectivity index (χ1v) is 13.1. The minimum atomic E-state index is -4.75. The van der Waals surface area contributed by atoms with Crippen LogP contribution in [0.5, 0.6) is 5.75 Å². The van der Waals surface area contributed by atoms with Gasteiger partial charge in [0.25, 0.3) is 5.91 Å². The first-order valence-electron chi connectivity index (χ1n) is 13.1. The summed E-state index contributed by atoms with van der Waals surface area (Å²) < 4.78 is 43.4. The van der Waals surface area contributed by atoms with Gasteiger partial charge in [-0.25, -0.2) is 4.98 Å². The molecule has 0 aliphatic carbocycles. The molecular weight excluding hydrogens is 495 g/mol. The summed E-state index contributed by atoms with van der Waals surface area (Å²) in [5.74, 6) is 1.19. The average Bonchev–Trinajstić information content (AvgIpc) is 3.18. The van der Waals surface area contributed by atoms with E-state index in [9.17, 15) is 18.0 Å². The Morgan fingerprint density at radius 2 is 1.68 bits per heavy atom. The van der Waals surface area contributed by atoms with Gasteiger partial charge < -0.3 is 25.3 Å². The quantitative estimate of drug-likeness (QED) is 0.260. The Morgan fingerprint density at radius 1 is 1.05 bits per heavy atom. The highest BCUT2D eigenvalue weighted by Crippen LogP contribution is 2.28. The van der Waals surface area contributed by atoms with Gasteiger partial charge in [0.2, 0.25) is 5.95 Å². The zero-order valence-electron chi connectivity index (χ0n) is 22.5. The second-order valence-electron chi connectivity index (χ2n) is 10.3. The molecule has 0 spiro atoms. The maximum Gasteiger partial charge on any atom is 0.573 e. The van der Waals surface area contributed by atoms with Crippen molar-refractivity contribution in [1.29, 1.82) is 0 Å². The molecule has 0 saturated heterocycles. The second kappa shape index (κ2) is 13.0. The van der Waals surface area contributed by atoms with Gasteiger partial charge in [-0.2, -0.15) is 0 Å². The van der Waals surface area contributed by atoms with Crippen LogP contribution in [0.1, 0.15) is 57.3 Å². The summed E-state index contributed by atoms with van der Waals surface area (Å²) in [4.78, 5) is 20.2. The van der Waals surface area contributed by atoms with Crippen molar-refractivity contribution in [2.45, 2.75) is 59.9 Å². The van der Waals surface area contributed by atoms with Crippen LogP contribution >= 0.6 is 0 Å². The SMILES string of the molecule is CC(C)CCN(CCC(C)C)C(=O)c1ccc2nc(Nc3ccc(OC(F)(F)F)cc3)n(CCCN)c2c1. The Hall–Kier alpha value is -3.27. The van der Waals surface area contributed by atoms with E-state index in [0.29, 0.717) is 67.2 Å². The lowest BCUT2D eigenvalue weighted by Gasteiger charge is -2.24. The Kier molecular flexibility index (Phi) is 10.0. The molecule has 1 aromatic heterocycles. The minimum Gasteiger partial charge on any atom is -0.406 e. The van der Waals surface area contributed by atoms with E-state index in [1.54, 1.807) is 6.07 Å². The number of carbonyl (C=O) groups is 1. The van der Waals surface area contributed by atoms with Crippen LogP contribution in [-0.4, -0.2) is 46.4 Å². The zero-order valence-corrected chi connectivity index (χ0v) is 22.5. The number of nitrogens with one attached hydrogen (secondary N) is 1. The predicted octanol–water partition coefficient (Wildman–Crippen LogP) is 6.56. The topological polar surface area (TPSA) is 85.4 Å². The van der Waals surface area contributed by atoms with Crippen LogP contribution in [0.2, 0.25) is 0 Å². The molecule has 3 aromatic rings. The van der Waals surface area contributed by atoms with Crippen molar-refractivity contribution in [2.24, 2.45) is 17.6 Å². The molecule has 0 fully saturated rings. The van der Waals surface area contributed by atoms with Crippen LogP contribution in [-0.2, 0) is 6.54 Å². The lowest BCUT2D eigenvalue weighted by Crippen LogP contribution is -2.34. The van der Waals surface area contributed by atoms with Crippen LogP contribution in [0, 0.1) is 11.8 Å². The van der Waals surface area contributed by atoms with Gasteiger partial charge in [-0.05, 0) is 80.1 Å². The molecule has 2 aromatic carbocycles. The lowest BCUT2D eigenvalue weighted by atomic mass is 10.1. The van der Waals surface area contributed by atoms with Crippen LogP contribution in [0.3, 0.4) is 0 Å². The van der Waals surface area contributed by atoms with E-state index in [1.807, 2.05) is 21.6 Å². The number of alkyl halides is 3. The minimum absolute atomic E-state index is 0.00506. The van der Waals surface area contributed by atoms with Crippen molar-refractivity contribution in [3.8, 4) is 5.75 Å². The number of aryl methyl sites for hydroxylation is 1. The summed E-state index contributed by atoms with van der Waals surface area (Å²) in [7, 11) is 0. The van der Waals surface area contributed by atoms with E-state index in [2.05, 4.69) is 42.7 Å². The number of hydrogen-bond acceptors (Lipinski definition) is 5. The monoisotopic (exact) mass is 533 g/mol. The Labute approximate surface area is 222 Å². The number of ether oxygens (including phenoxy) is 1. The third kappa shape index (κ3) is 8.37. The largest absolute Gasteiger partial charge is 0.573 e. The fourth-order valence-electron chi connectivity index (χ4n) is 4.02. The molecule has 1 heterocycles. The Balaban J connectivity index is 1.90. The van der Waals surface area contributed by atoms with Crippen LogP contribution in [0.4, 0.5) is 24.8 Å². The maximum absolute atomic E-state index is 13.5. The standard InChI is InChI=1S/C28H38F3N5O2/c1-19(2)12-16-35(17-13-20(3)4)26(37)21-6-11-24-25(18-21)36(15-5-14-32)27(34-24)33-22-7-9-23(10-8-22)38-28(29,30)31/h6-11,18-20H,5,12-17,32H2,1-4H3,(H,33,34). The van der Waals surface area contributed by atoms with Gasteiger partial charge in [-0.3, -0.25) is 4.79 Å². The fraction of sp³-hybridized carbons (Fsp3) is 0.500. The summed E-state index contributed by atoms with van der Waals surface area (Å²) in [6.45, 7) is 11.0. The van der Waals surface area contributed by atoms with Gasteiger partial charge in [-0.1, -0.05) is 27.7 Å². The van der Waals surface area contributed by atoms with Gasteiger partial charge in [0, 0.05) is 30.9 Å². The molecule has 7 nitrogen and oxygen atoms in total. The van der Waals surface area contributed by atoms with E-state index < -0.39 is 6.36 Å². The summed E-state index contributed by atoms with van der Waals surface area (Å²) in [5.41, 5.74) is 8.41. The van der Waals surface area contributed by atoms with Crippen LogP contribution in [0.15, 0.2) is 42.5 Å². The number of hydrogen-bond donors (Lipinski definition) is 2. The zero-order chi connectivity index (χ0) is 27.9. The van der Waals surface area contributed by atoms with Gasteiger partial charge in [0.05, 0.1) is 11.0 Å². The number of aromatic nitrogens is 2. The first-order chi connectivity index (χ1) is 18.0. The molecule has 3 N–H and O–H groups in total. The van der Waals surface area contributed by atoms with Gasteiger partial charge in [0.1, 0.15) is 5.75 Å². The number of nitrogens with zero attached hydrogens (tertiary/aromatic N) is 3. The van der Waals surface area contributed by atoms with E-state index in [1.165, 1.54) is 24.3 Å². The Bertz CT molecular complexity index is 1180. The van der Waals surface area contributed by atoms with Gasteiger partial charge in [0.15, 0.2) is 0 Å². The average molecular weight is 534 g/mol. The number of amides is 1. The molecule has 0 saturated carbocycles. The maximum atomic E-state index is 13.5. The third-order valence-electron chi connectivity index (χ3n) is 6.17. The molecule has 1 amide bonds. The highest BCUT2D eigenvalue weighted by molar-refractivity contribution is 5.98. The van der Waals surface area contributed by atoms with Gasteiger partial charge >= 0.3 is 6.36 Å². The number of imidazole rings is 1. The molecular formula is C28H38F3N5O2. The number of rotatable bonds is 13. The van der Waals surface area contributed by atoms with Crippen LogP contribution < -0.4 is 15.8 Å². The summed E-state index contributed by atoms with van der Waals surface area (Å²) in [5, 5.41) is 3.18. The van der Waals surface area contributed by atoms with Crippen molar-refractivity contribution in [3.05, 3.63) is 48.0 Å². The molecule has 0 aliphatic heterocycles. The molecule has 0 radical (unpaired) electrons. The summed E-state index contributed by atoms with van der Waals surface area (Å²) in [6, 6.07) is 11.0. The van der Waals surface area contributed by atoms with Crippen molar-refractivity contribution < 1.29 is 22.7 Å². The number of benzene rings is 2. The molecule has 3 rings (SSSR count). The van der Waals surface area contributed by atoms with Gasteiger partial charge in [-0.15, -0.1) is 13.2 Å². The van der Waals surface area contributed by atoms with E-state index in [4.69, 9.17) is 5.73 Å². The number of carbonyl (C=O) groups excluding carboxylic acids is 1. The van der Waals surface area contributed by atoms with Crippen molar-refractivity contribution >= 4 is 28.6 Å². The number of nitrogens with two attached hydrogens (primary N) is 1. The highest BCUT2D eigenvalue weighted by atomic mass is 19.4. The molecule has 0 unspecified atom stereocenters. The molecule has 0 aliphatic rings. The molecule has 208 valence electrons. The molecule has 38 heavy (non-hydrogen) atoms. The van der Waals surface area contributed by atoms with E-state index in [-0.39, 0.29) is 11.7 Å². The Morgan fingerprint density at radius 3 is 2.24 bits per heavy atom. The smallest absolute Gasteiger partial charge is 0.406 e. The molecule has 0 atom stereocenters.